The van der Waals surface area contributed by atoms with Gasteiger partial charge in [-0.2, -0.15) is 26.3 Å². The molecule has 0 saturated carbocycles. The lowest BCUT2D eigenvalue weighted by molar-refractivity contribution is -0.143. The van der Waals surface area contributed by atoms with Crippen LogP contribution in [0.25, 0.3) is 0 Å². The summed E-state index contributed by atoms with van der Waals surface area (Å²) in [5, 5.41) is 3.76. The predicted octanol–water partition coefficient (Wildman–Crippen LogP) is 3.40. The molecule has 0 radical (unpaired) electrons. The molecule has 2 rings (SSSR count). The number of halogens is 6. The zero-order valence-electron chi connectivity index (χ0n) is 14.1. The van der Waals surface area contributed by atoms with Crippen molar-refractivity contribution in [3.8, 4) is 0 Å². The Labute approximate surface area is 158 Å². The highest BCUT2D eigenvalue weighted by atomic mass is 19.4. The Morgan fingerprint density at radius 1 is 0.690 bits per heavy atom. The van der Waals surface area contributed by atoms with Crippen molar-refractivity contribution in [3.63, 3.8) is 0 Å². The second kappa shape index (κ2) is 7.81. The lowest BCUT2D eigenvalue weighted by atomic mass is 10.1. The maximum atomic E-state index is 12.8. The van der Waals surface area contributed by atoms with Crippen molar-refractivity contribution < 1.29 is 40.7 Å². The summed E-state index contributed by atoms with van der Waals surface area (Å²) in [4.78, 5) is 34.6. The summed E-state index contributed by atoms with van der Waals surface area (Å²) in [7, 11) is 0. The Balaban J connectivity index is 2.20. The summed E-state index contributed by atoms with van der Waals surface area (Å²) in [5.41, 5.74) is 1.02. The second-order valence-electron chi connectivity index (χ2n) is 5.64. The van der Waals surface area contributed by atoms with Crippen LogP contribution in [-0.4, -0.2) is 17.7 Å². The van der Waals surface area contributed by atoms with E-state index in [0.29, 0.717) is 0 Å². The molecule has 3 amide bonds. The van der Waals surface area contributed by atoms with E-state index in [-0.39, 0.29) is 29.4 Å². The Bertz CT molecular complexity index is 920. The standard InChI is InChI=1S/C17H11F6N3O3/c18-16(19,20)9-5-10(17(21,22)23)7-12(6-9)26-15(29)14(28)25-11-3-1-8(2-4-11)13(24)27/h1-7H,(H2,24,27)(H,25,28)(H,26,29). The highest BCUT2D eigenvalue weighted by Crippen LogP contribution is 2.37. The van der Waals surface area contributed by atoms with Gasteiger partial charge in [0.1, 0.15) is 0 Å². The topological polar surface area (TPSA) is 101 Å². The van der Waals surface area contributed by atoms with Gasteiger partial charge in [-0.15, -0.1) is 0 Å². The highest BCUT2D eigenvalue weighted by Gasteiger charge is 2.37. The van der Waals surface area contributed by atoms with Crippen molar-refractivity contribution in [2.45, 2.75) is 12.4 Å². The van der Waals surface area contributed by atoms with Gasteiger partial charge < -0.3 is 16.4 Å². The minimum Gasteiger partial charge on any atom is -0.366 e. The third kappa shape index (κ3) is 5.70. The van der Waals surface area contributed by atoms with Crippen LogP contribution < -0.4 is 16.4 Å². The normalized spacial score (nSPS) is 11.7. The van der Waals surface area contributed by atoms with Gasteiger partial charge in [0, 0.05) is 16.9 Å². The van der Waals surface area contributed by atoms with Crippen LogP contribution in [0, 0.1) is 0 Å². The SMILES string of the molecule is NC(=O)c1ccc(NC(=O)C(=O)Nc2cc(C(F)(F)F)cc(C(F)(F)F)c2)cc1. The minimum atomic E-state index is -5.11. The maximum absolute atomic E-state index is 12.8. The fourth-order valence-corrected chi connectivity index (χ4v) is 2.12. The molecule has 0 heterocycles. The average Bonchev–Trinajstić information content (AvgIpc) is 2.60. The van der Waals surface area contributed by atoms with E-state index in [0.717, 1.165) is 0 Å². The van der Waals surface area contributed by atoms with E-state index in [2.05, 4.69) is 5.32 Å². The monoisotopic (exact) mass is 419 g/mol. The van der Waals surface area contributed by atoms with E-state index in [1.165, 1.54) is 24.3 Å². The summed E-state index contributed by atoms with van der Waals surface area (Å²) in [6.45, 7) is 0. The van der Waals surface area contributed by atoms with E-state index in [4.69, 9.17) is 5.73 Å². The van der Waals surface area contributed by atoms with Crippen LogP contribution in [0.1, 0.15) is 21.5 Å². The molecule has 0 aromatic heterocycles. The maximum Gasteiger partial charge on any atom is 0.416 e. The van der Waals surface area contributed by atoms with Crippen LogP contribution in [-0.2, 0) is 21.9 Å². The number of amides is 3. The molecule has 12 heteroatoms. The largest absolute Gasteiger partial charge is 0.416 e. The first kappa shape index (κ1) is 21.7. The van der Waals surface area contributed by atoms with E-state index in [1.54, 1.807) is 5.32 Å². The van der Waals surface area contributed by atoms with Crippen LogP contribution in [0.4, 0.5) is 37.7 Å². The number of nitrogens with one attached hydrogen (secondary N) is 2. The molecule has 0 fully saturated rings. The molecule has 0 atom stereocenters. The van der Waals surface area contributed by atoms with Crippen LogP contribution in [0.5, 0.6) is 0 Å². The zero-order valence-corrected chi connectivity index (χ0v) is 14.1. The van der Waals surface area contributed by atoms with Gasteiger partial charge in [-0.05, 0) is 42.5 Å². The van der Waals surface area contributed by atoms with Crippen molar-refractivity contribution in [1.29, 1.82) is 0 Å². The van der Waals surface area contributed by atoms with Gasteiger partial charge in [0.2, 0.25) is 5.91 Å². The first-order chi connectivity index (χ1) is 13.3. The third-order valence-electron chi connectivity index (χ3n) is 3.48. The molecule has 0 aliphatic rings. The van der Waals surface area contributed by atoms with Crippen LogP contribution in [0.2, 0.25) is 0 Å². The predicted molar refractivity (Wildman–Crippen MR) is 88.7 cm³/mol. The summed E-state index contributed by atoms with van der Waals surface area (Å²) >= 11 is 0. The number of hydrogen-bond donors (Lipinski definition) is 3. The Hall–Kier alpha value is -3.57. The number of hydrogen-bond acceptors (Lipinski definition) is 3. The van der Waals surface area contributed by atoms with E-state index in [9.17, 15) is 40.7 Å². The fraction of sp³-hybridized carbons (Fsp3) is 0.118. The van der Waals surface area contributed by atoms with Gasteiger partial charge in [-0.3, -0.25) is 14.4 Å². The highest BCUT2D eigenvalue weighted by molar-refractivity contribution is 6.43. The van der Waals surface area contributed by atoms with Crippen molar-refractivity contribution >= 4 is 29.1 Å². The van der Waals surface area contributed by atoms with Crippen molar-refractivity contribution in [2.75, 3.05) is 10.6 Å². The number of carbonyl (C=O) groups excluding carboxylic acids is 3. The molecule has 0 spiro atoms. The molecular formula is C17H11F6N3O3. The van der Waals surface area contributed by atoms with E-state index >= 15 is 0 Å². The molecule has 2 aromatic carbocycles. The number of nitrogens with two attached hydrogens (primary N) is 1. The fourth-order valence-electron chi connectivity index (χ4n) is 2.12. The molecule has 0 unspecified atom stereocenters. The summed E-state index contributed by atoms with van der Waals surface area (Å²) < 4.78 is 76.9. The van der Waals surface area contributed by atoms with Gasteiger partial charge in [0.25, 0.3) is 0 Å². The van der Waals surface area contributed by atoms with Crippen molar-refractivity contribution in [2.24, 2.45) is 5.73 Å². The van der Waals surface area contributed by atoms with Crippen LogP contribution in [0.3, 0.4) is 0 Å². The van der Waals surface area contributed by atoms with E-state index < -0.39 is 46.9 Å². The Kier molecular flexibility index (Phi) is 5.85. The van der Waals surface area contributed by atoms with Crippen LogP contribution >= 0.6 is 0 Å². The summed E-state index contributed by atoms with van der Waals surface area (Å²) in [5.74, 6) is -3.61. The minimum absolute atomic E-state index is 0.0372. The number of anilines is 2. The van der Waals surface area contributed by atoms with Gasteiger partial charge in [-0.1, -0.05) is 0 Å². The van der Waals surface area contributed by atoms with E-state index in [1.807, 2.05) is 0 Å². The molecule has 0 aliphatic carbocycles. The smallest absolute Gasteiger partial charge is 0.366 e. The Morgan fingerprint density at radius 3 is 1.48 bits per heavy atom. The number of alkyl halides is 6. The van der Waals surface area contributed by atoms with Crippen molar-refractivity contribution in [1.82, 2.24) is 0 Å². The lowest BCUT2D eigenvalue weighted by Crippen LogP contribution is -2.29. The molecule has 29 heavy (non-hydrogen) atoms. The van der Waals surface area contributed by atoms with Gasteiger partial charge in [-0.25, -0.2) is 0 Å². The first-order valence-corrected chi connectivity index (χ1v) is 7.59. The summed E-state index contributed by atoms with van der Waals surface area (Å²) in [6, 6.07) is 5.32. The average molecular weight is 419 g/mol. The molecular weight excluding hydrogens is 408 g/mol. The molecule has 6 nitrogen and oxygen atoms in total. The molecule has 0 saturated heterocycles. The van der Waals surface area contributed by atoms with Crippen molar-refractivity contribution in [3.05, 3.63) is 59.2 Å². The van der Waals surface area contributed by atoms with Gasteiger partial charge in [0.05, 0.1) is 11.1 Å². The molecule has 0 bridgehead atoms. The van der Waals surface area contributed by atoms with Crippen LogP contribution in [0.15, 0.2) is 42.5 Å². The number of primary amides is 1. The molecule has 154 valence electrons. The number of benzene rings is 2. The second-order valence-corrected chi connectivity index (χ2v) is 5.64. The zero-order chi connectivity index (χ0) is 22.0. The molecule has 4 N–H and O–H groups in total. The Morgan fingerprint density at radius 2 is 1.10 bits per heavy atom. The quantitative estimate of drug-likeness (QED) is 0.525. The van der Waals surface area contributed by atoms with Gasteiger partial charge >= 0.3 is 24.2 Å². The summed E-state index contributed by atoms with van der Waals surface area (Å²) in [6.07, 6.45) is -10.2. The first-order valence-electron chi connectivity index (χ1n) is 7.59. The molecule has 0 aliphatic heterocycles. The number of rotatable bonds is 3. The van der Waals surface area contributed by atoms with Gasteiger partial charge in [0.15, 0.2) is 0 Å². The lowest BCUT2D eigenvalue weighted by Gasteiger charge is -2.14. The molecule has 2 aromatic rings. The third-order valence-corrected chi connectivity index (χ3v) is 3.48. The number of carbonyl (C=O) groups is 3.